The fraction of sp³-hybridized carbons (Fsp3) is 0.517. The maximum Gasteiger partial charge on any atom is 0.417 e. The zero-order chi connectivity index (χ0) is 32.3. The van der Waals surface area contributed by atoms with Crippen LogP contribution in [0.25, 0.3) is 0 Å². The molecule has 238 valence electrons. The number of amidine groups is 2. The van der Waals surface area contributed by atoms with Crippen molar-refractivity contribution in [3.05, 3.63) is 52.4 Å². The number of halogens is 3. The van der Waals surface area contributed by atoms with Crippen molar-refractivity contribution in [1.29, 1.82) is 5.26 Å². The fourth-order valence-corrected chi connectivity index (χ4v) is 6.06. The smallest absolute Gasteiger partial charge is 0.417 e. The second-order valence-corrected chi connectivity index (χ2v) is 12.0. The van der Waals surface area contributed by atoms with E-state index in [2.05, 4.69) is 36.6 Å². The Balaban J connectivity index is 1.17. The highest BCUT2D eigenvalue weighted by atomic mass is 19.4. The number of nitriles is 1. The number of aryl methyl sites for hydroxylation is 1. The van der Waals surface area contributed by atoms with Crippen molar-refractivity contribution >= 4 is 29.2 Å². The molecular formula is C29H32F3N9O4. The molecule has 5 unspecified atom stereocenters. The van der Waals surface area contributed by atoms with Gasteiger partial charge < -0.3 is 34.5 Å². The van der Waals surface area contributed by atoms with Gasteiger partial charge in [-0.2, -0.15) is 23.4 Å². The third kappa shape index (κ3) is 5.39. The van der Waals surface area contributed by atoms with Crippen LogP contribution in [-0.4, -0.2) is 88.9 Å². The van der Waals surface area contributed by atoms with Crippen LogP contribution in [0.1, 0.15) is 25.3 Å². The number of likely N-dealkylation sites (N-methyl/N-ethyl adjacent to an activating group) is 2. The summed E-state index contributed by atoms with van der Waals surface area (Å²) in [5.41, 5.74) is -4.03. The SMILES string of the molecule is CN1CCOC(CC(=O)NC2=NC=CC3(OC4=CN=C5N=C(Nc6cc(C(F)(F)F)cn(C)c6=O)N(C)C5(C)C4C#N)CC23)C1. The van der Waals surface area contributed by atoms with Crippen LogP contribution >= 0.6 is 0 Å². The van der Waals surface area contributed by atoms with Crippen LogP contribution in [0.4, 0.5) is 18.9 Å². The summed E-state index contributed by atoms with van der Waals surface area (Å²) >= 11 is 0. The van der Waals surface area contributed by atoms with E-state index in [1.807, 2.05) is 7.05 Å². The first-order valence-corrected chi connectivity index (χ1v) is 14.3. The molecule has 6 rings (SSSR count). The van der Waals surface area contributed by atoms with E-state index >= 15 is 0 Å². The molecule has 5 atom stereocenters. The number of rotatable bonds is 5. The number of carbonyl (C=O) groups excluding carboxylic acids is 1. The second kappa shape index (κ2) is 10.8. The van der Waals surface area contributed by atoms with E-state index in [-0.39, 0.29) is 47.6 Å². The molecule has 0 spiro atoms. The quantitative estimate of drug-likeness (QED) is 0.502. The molecule has 13 nitrogen and oxygen atoms in total. The van der Waals surface area contributed by atoms with Crippen molar-refractivity contribution in [2.24, 2.45) is 33.9 Å². The van der Waals surface area contributed by atoms with Gasteiger partial charge in [0.1, 0.15) is 34.3 Å². The van der Waals surface area contributed by atoms with Crippen molar-refractivity contribution < 1.29 is 27.4 Å². The Morgan fingerprint density at radius 1 is 1.29 bits per heavy atom. The van der Waals surface area contributed by atoms with Crippen molar-refractivity contribution in [2.45, 2.75) is 43.2 Å². The number of hydrogen-bond acceptors (Lipinski definition) is 11. The van der Waals surface area contributed by atoms with E-state index in [1.54, 1.807) is 31.1 Å². The summed E-state index contributed by atoms with van der Waals surface area (Å²) in [6, 6.07) is 3.00. The molecule has 1 saturated heterocycles. The van der Waals surface area contributed by atoms with Gasteiger partial charge in [-0.05, 0) is 26.1 Å². The Hall–Kier alpha value is -4.49. The topological polar surface area (TPSA) is 149 Å². The summed E-state index contributed by atoms with van der Waals surface area (Å²) in [4.78, 5) is 42.4. The Morgan fingerprint density at radius 3 is 2.78 bits per heavy atom. The Labute approximate surface area is 256 Å². The number of aliphatic imine (C=N–C) groups is 3. The molecule has 1 amide bonds. The Bertz CT molecular complexity index is 1690. The first kappa shape index (κ1) is 30.5. The number of nitrogens with zero attached hydrogens (tertiary/aromatic N) is 7. The van der Waals surface area contributed by atoms with Crippen LogP contribution < -0.4 is 16.2 Å². The van der Waals surface area contributed by atoms with Gasteiger partial charge >= 0.3 is 6.18 Å². The van der Waals surface area contributed by atoms with Gasteiger partial charge in [0.25, 0.3) is 5.56 Å². The summed E-state index contributed by atoms with van der Waals surface area (Å²) in [6.45, 7) is 3.76. The average Bonchev–Trinajstić information content (AvgIpc) is 3.64. The molecule has 0 radical (unpaired) electrons. The lowest BCUT2D eigenvalue weighted by Crippen LogP contribution is -2.55. The predicted molar refractivity (Wildman–Crippen MR) is 157 cm³/mol. The molecule has 1 aromatic heterocycles. The number of fused-ring (bicyclic) bond motifs is 2. The molecule has 45 heavy (non-hydrogen) atoms. The molecule has 1 aliphatic carbocycles. The van der Waals surface area contributed by atoms with Crippen LogP contribution in [0.2, 0.25) is 0 Å². The van der Waals surface area contributed by atoms with E-state index in [0.29, 0.717) is 31.6 Å². The average molecular weight is 628 g/mol. The number of aromatic nitrogens is 1. The summed E-state index contributed by atoms with van der Waals surface area (Å²) in [5.74, 6) is -0.366. The highest BCUT2D eigenvalue weighted by Crippen LogP contribution is 2.53. The number of nitrogens with one attached hydrogen (secondary N) is 2. The first-order chi connectivity index (χ1) is 21.2. The van der Waals surface area contributed by atoms with Crippen molar-refractivity contribution in [3.8, 4) is 6.07 Å². The molecular weight excluding hydrogens is 595 g/mol. The number of pyridine rings is 1. The number of anilines is 1. The highest BCUT2D eigenvalue weighted by Gasteiger charge is 2.62. The molecule has 16 heteroatoms. The second-order valence-electron chi connectivity index (χ2n) is 12.0. The van der Waals surface area contributed by atoms with Crippen molar-refractivity contribution in [1.82, 2.24) is 19.7 Å². The van der Waals surface area contributed by atoms with Crippen LogP contribution in [0.15, 0.2) is 56.3 Å². The van der Waals surface area contributed by atoms with Gasteiger partial charge in [0, 0.05) is 46.0 Å². The lowest BCUT2D eigenvalue weighted by molar-refractivity contribution is -0.138. The van der Waals surface area contributed by atoms with Crippen molar-refractivity contribution in [2.75, 3.05) is 39.1 Å². The van der Waals surface area contributed by atoms with E-state index in [9.17, 15) is 28.0 Å². The molecule has 4 aliphatic heterocycles. The number of alkyl halides is 3. The highest BCUT2D eigenvalue weighted by molar-refractivity contribution is 6.13. The Kier molecular flexibility index (Phi) is 7.36. The maximum atomic E-state index is 13.4. The third-order valence-corrected chi connectivity index (χ3v) is 8.91. The minimum absolute atomic E-state index is 0.0490. The normalized spacial score (nSPS) is 30.6. The number of amides is 1. The number of carbonyl (C=O) groups is 1. The summed E-state index contributed by atoms with van der Waals surface area (Å²) < 4.78 is 53.3. The number of guanidine groups is 1. The minimum Gasteiger partial charge on any atom is -0.484 e. The molecule has 2 N–H and O–H groups in total. The van der Waals surface area contributed by atoms with Crippen LogP contribution in [0, 0.1) is 23.2 Å². The van der Waals surface area contributed by atoms with Crippen LogP contribution in [-0.2, 0) is 27.5 Å². The molecule has 2 fully saturated rings. The molecule has 5 aliphatic rings. The monoisotopic (exact) mass is 627 g/mol. The van der Waals surface area contributed by atoms with E-state index in [4.69, 9.17) is 9.47 Å². The van der Waals surface area contributed by atoms with Gasteiger partial charge in [-0.1, -0.05) is 0 Å². The molecule has 0 aromatic carbocycles. The largest absolute Gasteiger partial charge is 0.484 e. The lowest BCUT2D eigenvalue weighted by atomic mass is 9.82. The van der Waals surface area contributed by atoms with Crippen LogP contribution in [0.3, 0.4) is 0 Å². The number of ether oxygens (including phenoxy) is 2. The number of hydrogen-bond donors (Lipinski definition) is 2. The predicted octanol–water partition coefficient (Wildman–Crippen LogP) is 1.81. The summed E-state index contributed by atoms with van der Waals surface area (Å²) in [7, 11) is 4.81. The van der Waals surface area contributed by atoms with Gasteiger partial charge in [0.2, 0.25) is 11.9 Å². The van der Waals surface area contributed by atoms with E-state index < -0.39 is 34.4 Å². The minimum atomic E-state index is -4.67. The molecule has 1 aromatic rings. The van der Waals surface area contributed by atoms with E-state index in [0.717, 1.165) is 17.2 Å². The Morgan fingerprint density at radius 2 is 2.07 bits per heavy atom. The lowest BCUT2D eigenvalue weighted by Gasteiger charge is -2.40. The van der Waals surface area contributed by atoms with Gasteiger partial charge in [0.05, 0.1) is 42.9 Å². The third-order valence-electron chi connectivity index (χ3n) is 8.91. The summed E-state index contributed by atoms with van der Waals surface area (Å²) in [6.07, 6.45) is 1.32. The van der Waals surface area contributed by atoms with Gasteiger partial charge in [-0.3, -0.25) is 9.59 Å². The fourth-order valence-electron chi connectivity index (χ4n) is 6.06. The summed E-state index contributed by atoms with van der Waals surface area (Å²) in [5, 5.41) is 15.9. The molecule has 1 saturated carbocycles. The van der Waals surface area contributed by atoms with Gasteiger partial charge in [-0.15, -0.1) is 0 Å². The van der Waals surface area contributed by atoms with Crippen LogP contribution in [0.5, 0.6) is 0 Å². The zero-order valence-electron chi connectivity index (χ0n) is 25.1. The molecule has 0 bridgehead atoms. The molecule has 5 heterocycles. The van der Waals surface area contributed by atoms with Gasteiger partial charge in [-0.25, -0.2) is 9.98 Å². The van der Waals surface area contributed by atoms with Crippen molar-refractivity contribution in [3.63, 3.8) is 0 Å². The standard InChI is InChI=1S/C29H32F3N9O4/c1-27-19(12-33)21(45-28-5-6-34-23(18(28)11-28)37-22(42)10-17-15-39(2)7-8-44-17)13-35-25(27)38-26(41(27)4)36-20-9-16(29(30,31)32)14-40(3)24(20)43/h5-6,9,13-14,17-19H,7-8,10-11,15H2,1-4H3,(H,34,37,42)(H,35,36,38). The zero-order valence-corrected chi connectivity index (χ0v) is 25.1. The number of morpholine rings is 1. The van der Waals surface area contributed by atoms with E-state index in [1.165, 1.54) is 13.2 Å². The first-order valence-electron chi connectivity index (χ1n) is 14.3. The van der Waals surface area contributed by atoms with Gasteiger partial charge in [0.15, 0.2) is 5.84 Å². The maximum absolute atomic E-state index is 13.4.